The second kappa shape index (κ2) is 5.30. The molecule has 0 saturated carbocycles. The Hall–Kier alpha value is -1.62. The maximum absolute atomic E-state index is 10.4. The van der Waals surface area contributed by atoms with Crippen molar-refractivity contribution in [1.82, 2.24) is 19.6 Å². The summed E-state index contributed by atoms with van der Waals surface area (Å²) in [4.78, 5) is 0. The first kappa shape index (κ1) is 14.3. The summed E-state index contributed by atoms with van der Waals surface area (Å²) < 4.78 is 4.24. The number of aliphatic hydroxyl groups excluding tert-OH is 1. The van der Waals surface area contributed by atoms with Crippen LogP contribution in [0.5, 0.6) is 0 Å². The van der Waals surface area contributed by atoms with Crippen LogP contribution in [0.25, 0.3) is 0 Å². The molecular formula is C16H24N4O. The van der Waals surface area contributed by atoms with Crippen LogP contribution in [0.15, 0.2) is 18.5 Å². The van der Waals surface area contributed by atoms with Gasteiger partial charge in [0.1, 0.15) is 0 Å². The van der Waals surface area contributed by atoms with Crippen molar-refractivity contribution >= 4 is 0 Å². The Labute approximate surface area is 125 Å². The highest BCUT2D eigenvalue weighted by molar-refractivity contribution is 5.33. The minimum absolute atomic E-state index is 0.168. The molecule has 2 aromatic rings. The smallest absolute Gasteiger partial charge is 0.0812 e. The highest BCUT2D eigenvalue weighted by Gasteiger charge is 2.33. The van der Waals surface area contributed by atoms with Gasteiger partial charge in [0, 0.05) is 36.2 Å². The second-order valence-corrected chi connectivity index (χ2v) is 6.92. The highest BCUT2D eigenvalue weighted by atomic mass is 16.3. The quantitative estimate of drug-likeness (QED) is 0.940. The summed E-state index contributed by atoms with van der Waals surface area (Å²) in [5.41, 5.74) is 3.86. The third-order valence-electron chi connectivity index (χ3n) is 4.44. The van der Waals surface area contributed by atoms with Crippen molar-refractivity contribution in [1.29, 1.82) is 0 Å². The van der Waals surface area contributed by atoms with Crippen LogP contribution in [-0.2, 0) is 19.5 Å². The van der Waals surface area contributed by atoms with Crippen molar-refractivity contribution < 1.29 is 5.11 Å². The first-order chi connectivity index (χ1) is 9.96. The van der Waals surface area contributed by atoms with Gasteiger partial charge in [-0.1, -0.05) is 19.1 Å². The van der Waals surface area contributed by atoms with Gasteiger partial charge in [0.2, 0.25) is 0 Å². The van der Waals surface area contributed by atoms with Gasteiger partial charge in [-0.25, -0.2) is 0 Å². The van der Waals surface area contributed by atoms with Gasteiger partial charge in [-0.2, -0.15) is 0 Å². The molecule has 3 rings (SSSR count). The number of aromatic nitrogens is 4. The number of aliphatic hydroxyl groups is 1. The van der Waals surface area contributed by atoms with Crippen molar-refractivity contribution in [3.63, 3.8) is 0 Å². The summed E-state index contributed by atoms with van der Waals surface area (Å²) in [5, 5.41) is 18.2. The van der Waals surface area contributed by atoms with Crippen LogP contribution in [0.3, 0.4) is 0 Å². The first-order valence-electron chi connectivity index (χ1n) is 7.67. The number of aryl methyl sites for hydroxylation is 2. The van der Waals surface area contributed by atoms with Crippen LogP contribution < -0.4 is 0 Å². The predicted molar refractivity (Wildman–Crippen MR) is 80.9 cm³/mol. The number of nitrogens with zero attached hydrogens (tertiary/aromatic N) is 4. The lowest BCUT2D eigenvalue weighted by molar-refractivity contribution is 0.0979. The molecule has 1 atom stereocenters. The standard InChI is InChI=1S/C16H24N4O/c1-12-9-13-14(10-16(2,3)11-15(13)21)20(12)7-4-6-19-8-5-17-18-19/h5,8-9,15,21H,4,6-7,10-11H2,1-3H3. The zero-order chi connectivity index (χ0) is 15.0. The van der Waals surface area contributed by atoms with Gasteiger partial charge in [-0.05, 0) is 37.7 Å². The van der Waals surface area contributed by atoms with E-state index in [0.29, 0.717) is 0 Å². The molecule has 114 valence electrons. The van der Waals surface area contributed by atoms with E-state index in [4.69, 9.17) is 0 Å². The maximum Gasteiger partial charge on any atom is 0.0812 e. The van der Waals surface area contributed by atoms with Gasteiger partial charge < -0.3 is 9.67 Å². The molecule has 5 heteroatoms. The molecule has 1 aliphatic rings. The lowest BCUT2D eigenvalue weighted by atomic mass is 9.75. The first-order valence-corrected chi connectivity index (χ1v) is 7.67. The Balaban J connectivity index is 1.76. The van der Waals surface area contributed by atoms with E-state index in [1.165, 1.54) is 11.4 Å². The monoisotopic (exact) mass is 288 g/mol. The van der Waals surface area contributed by atoms with E-state index in [9.17, 15) is 5.11 Å². The number of fused-ring (bicyclic) bond motifs is 1. The largest absolute Gasteiger partial charge is 0.388 e. The SMILES string of the molecule is Cc1cc2c(n1CCCn1ccnn1)CC(C)(C)CC2O. The summed E-state index contributed by atoms with van der Waals surface area (Å²) in [5.74, 6) is 0. The third-order valence-corrected chi connectivity index (χ3v) is 4.44. The Morgan fingerprint density at radius 1 is 1.38 bits per heavy atom. The summed E-state index contributed by atoms with van der Waals surface area (Å²) in [6.07, 6.45) is 6.19. The van der Waals surface area contributed by atoms with E-state index in [1.54, 1.807) is 6.20 Å². The minimum atomic E-state index is -0.320. The number of hydrogen-bond acceptors (Lipinski definition) is 3. The topological polar surface area (TPSA) is 55.9 Å². The minimum Gasteiger partial charge on any atom is -0.388 e. The van der Waals surface area contributed by atoms with Gasteiger partial charge in [0.15, 0.2) is 0 Å². The molecule has 2 aromatic heterocycles. The number of hydrogen-bond donors (Lipinski definition) is 1. The van der Waals surface area contributed by atoms with Crippen LogP contribution in [0.1, 0.15) is 49.7 Å². The molecule has 2 heterocycles. The van der Waals surface area contributed by atoms with Gasteiger partial charge >= 0.3 is 0 Å². The Kier molecular flexibility index (Phi) is 3.61. The van der Waals surface area contributed by atoms with Crippen molar-refractivity contribution in [2.45, 2.75) is 59.2 Å². The van der Waals surface area contributed by atoms with Gasteiger partial charge in [0.05, 0.1) is 12.3 Å². The van der Waals surface area contributed by atoms with Crippen LogP contribution in [0.4, 0.5) is 0 Å². The molecule has 0 aliphatic heterocycles. The maximum atomic E-state index is 10.4. The molecule has 0 fully saturated rings. The fourth-order valence-corrected chi connectivity index (χ4v) is 3.45. The van der Waals surface area contributed by atoms with Crippen LogP contribution in [0.2, 0.25) is 0 Å². The van der Waals surface area contributed by atoms with Gasteiger partial charge in [0.25, 0.3) is 0 Å². The molecular weight excluding hydrogens is 264 g/mol. The normalized spacial score (nSPS) is 20.5. The molecule has 0 radical (unpaired) electrons. The van der Waals surface area contributed by atoms with E-state index < -0.39 is 0 Å². The van der Waals surface area contributed by atoms with Crippen molar-refractivity contribution in [3.8, 4) is 0 Å². The molecule has 1 N–H and O–H groups in total. The molecule has 0 amide bonds. The predicted octanol–water partition coefficient (Wildman–Crippen LogP) is 2.48. The number of rotatable bonds is 4. The summed E-state index contributed by atoms with van der Waals surface area (Å²) in [6, 6.07) is 2.16. The molecule has 21 heavy (non-hydrogen) atoms. The van der Waals surface area contributed by atoms with Crippen molar-refractivity contribution in [3.05, 3.63) is 35.4 Å². The summed E-state index contributed by atoms with van der Waals surface area (Å²) >= 11 is 0. The van der Waals surface area contributed by atoms with Crippen molar-refractivity contribution in [2.24, 2.45) is 5.41 Å². The Morgan fingerprint density at radius 3 is 2.90 bits per heavy atom. The van der Waals surface area contributed by atoms with Gasteiger partial charge in [-0.3, -0.25) is 4.68 Å². The van der Waals surface area contributed by atoms with E-state index >= 15 is 0 Å². The Morgan fingerprint density at radius 2 is 2.19 bits per heavy atom. The van der Waals surface area contributed by atoms with Crippen LogP contribution >= 0.6 is 0 Å². The van der Waals surface area contributed by atoms with E-state index in [-0.39, 0.29) is 11.5 Å². The van der Waals surface area contributed by atoms with Gasteiger partial charge in [-0.15, -0.1) is 5.10 Å². The van der Waals surface area contributed by atoms with E-state index in [2.05, 4.69) is 41.7 Å². The van der Waals surface area contributed by atoms with Crippen LogP contribution in [0, 0.1) is 12.3 Å². The lowest BCUT2D eigenvalue weighted by Crippen LogP contribution is -2.27. The fourth-order valence-electron chi connectivity index (χ4n) is 3.45. The molecule has 0 aromatic carbocycles. The molecule has 0 saturated heterocycles. The average Bonchev–Trinajstić information content (AvgIpc) is 2.99. The van der Waals surface area contributed by atoms with Crippen LogP contribution in [-0.4, -0.2) is 24.7 Å². The molecule has 1 unspecified atom stereocenters. The average molecular weight is 288 g/mol. The third kappa shape index (κ3) is 2.88. The van der Waals surface area contributed by atoms with E-state index in [0.717, 1.165) is 37.9 Å². The molecule has 0 bridgehead atoms. The fraction of sp³-hybridized carbons (Fsp3) is 0.625. The summed E-state index contributed by atoms with van der Waals surface area (Å²) in [7, 11) is 0. The van der Waals surface area contributed by atoms with E-state index in [1.807, 2.05) is 10.9 Å². The highest BCUT2D eigenvalue weighted by Crippen LogP contribution is 2.41. The Bertz CT molecular complexity index is 613. The summed E-state index contributed by atoms with van der Waals surface area (Å²) in [6.45, 7) is 8.44. The lowest BCUT2D eigenvalue weighted by Gasteiger charge is -2.34. The van der Waals surface area contributed by atoms with Crippen molar-refractivity contribution in [2.75, 3.05) is 0 Å². The zero-order valence-corrected chi connectivity index (χ0v) is 13.1. The molecule has 1 aliphatic carbocycles. The molecule has 5 nitrogen and oxygen atoms in total. The second-order valence-electron chi connectivity index (χ2n) is 6.92. The zero-order valence-electron chi connectivity index (χ0n) is 13.1. The molecule has 0 spiro atoms.